The minimum absolute atomic E-state index is 0.147. The Hall–Kier alpha value is -1.75. The second-order valence-corrected chi connectivity index (χ2v) is 4.89. The van der Waals surface area contributed by atoms with E-state index in [1.807, 2.05) is 29.2 Å². The van der Waals surface area contributed by atoms with Gasteiger partial charge in [0.25, 0.3) is 0 Å². The third-order valence-electron chi connectivity index (χ3n) is 3.46. The zero-order valence-electron chi connectivity index (χ0n) is 12.1. The number of amides is 1. The molecule has 1 N–H and O–H groups in total. The quantitative estimate of drug-likeness (QED) is 0.881. The molecule has 1 aliphatic rings. The first kappa shape index (κ1) is 14.7. The van der Waals surface area contributed by atoms with Crippen LogP contribution < -0.4 is 14.8 Å². The molecule has 20 heavy (non-hydrogen) atoms. The first-order valence-corrected chi connectivity index (χ1v) is 6.98. The van der Waals surface area contributed by atoms with Crippen molar-refractivity contribution in [2.75, 3.05) is 33.4 Å². The van der Waals surface area contributed by atoms with E-state index in [4.69, 9.17) is 9.47 Å². The Morgan fingerprint density at radius 1 is 1.40 bits per heavy atom. The normalized spacial score (nSPS) is 18.7. The average molecular weight is 278 g/mol. The highest BCUT2D eigenvalue weighted by molar-refractivity contribution is 5.76. The van der Waals surface area contributed by atoms with Gasteiger partial charge in [-0.25, -0.2) is 0 Å². The van der Waals surface area contributed by atoms with Gasteiger partial charge in [0.2, 0.25) is 5.91 Å². The third-order valence-corrected chi connectivity index (χ3v) is 3.46. The van der Waals surface area contributed by atoms with Crippen molar-refractivity contribution in [3.63, 3.8) is 0 Å². The molecule has 0 aromatic heterocycles. The molecule has 0 saturated carbocycles. The molecule has 1 aromatic carbocycles. The van der Waals surface area contributed by atoms with Crippen LogP contribution in [0.5, 0.6) is 11.5 Å². The Balaban J connectivity index is 1.81. The van der Waals surface area contributed by atoms with Crippen LogP contribution in [-0.4, -0.2) is 50.2 Å². The second-order valence-electron chi connectivity index (χ2n) is 4.89. The third kappa shape index (κ3) is 3.63. The molecule has 0 bridgehead atoms. The summed E-state index contributed by atoms with van der Waals surface area (Å²) in [5.41, 5.74) is 0. The Kier molecular flexibility index (Phi) is 5.24. The minimum Gasteiger partial charge on any atom is -0.493 e. The molecule has 5 heteroatoms. The highest BCUT2D eigenvalue weighted by Crippen LogP contribution is 2.25. The topological polar surface area (TPSA) is 50.8 Å². The van der Waals surface area contributed by atoms with E-state index >= 15 is 0 Å². The molecule has 1 aliphatic heterocycles. The predicted molar refractivity (Wildman–Crippen MR) is 77.2 cm³/mol. The maximum atomic E-state index is 12.1. The highest BCUT2D eigenvalue weighted by atomic mass is 16.5. The Morgan fingerprint density at radius 3 is 2.85 bits per heavy atom. The van der Waals surface area contributed by atoms with Crippen LogP contribution in [0.15, 0.2) is 24.3 Å². The molecule has 1 saturated heterocycles. The van der Waals surface area contributed by atoms with Crippen molar-refractivity contribution in [2.24, 2.45) is 0 Å². The van der Waals surface area contributed by atoms with Gasteiger partial charge in [-0.3, -0.25) is 4.79 Å². The van der Waals surface area contributed by atoms with Crippen molar-refractivity contribution in [3.05, 3.63) is 24.3 Å². The summed E-state index contributed by atoms with van der Waals surface area (Å²) in [5, 5.41) is 3.27. The molecular weight excluding hydrogens is 256 g/mol. The van der Waals surface area contributed by atoms with Crippen LogP contribution in [0.3, 0.4) is 0 Å². The summed E-state index contributed by atoms with van der Waals surface area (Å²) < 4.78 is 10.8. The largest absolute Gasteiger partial charge is 0.493 e. The minimum atomic E-state index is 0.147. The van der Waals surface area contributed by atoms with Gasteiger partial charge in [0.1, 0.15) is 0 Å². The number of benzene rings is 1. The fraction of sp³-hybridized carbons (Fsp3) is 0.533. The van der Waals surface area contributed by atoms with Crippen molar-refractivity contribution in [3.8, 4) is 11.5 Å². The summed E-state index contributed by atoms with van der Waals surface area (Å²) in [6, 6.07) is 7.71. The van der Waals surface area contributed by atoms with Crippen molar-refractivity contribution in [2.45, 2.75) is 19.4 Å². The number of methoxy groups -OCH3 is 1. The number of carbonyl (C=O) groups excluding carboxylic acids is 1. The Labute approximate surface area is 119 Å². The van der Waals surface area contributed by atoms with E-state index in [1.54, 1.807) is 7.11 Å². The lowest BCUT2D eigenvalue weighted by molar-refractivity contribution is -0.134. The number of piperazine rings is 1. The van der Waals surface area contributed by atoms with E-state index in [1.165, 1.54) is 0 Å². The lowest BCUT2D eigenvalue weighted by Gasteiger charge is -2.34. The summed E-state index contributed by atoms with van der Waals surface area (Å²) in [4.78, 5) is 14.1. The van der Waals surface area contributed by atoms with Crippen LogP contribution in [0.25, 0.3) is 0 Å². The summed E-state index contributed by atoms with van der Waals surface area (Å²) in [6.45, 7) is 4.93. The van der Waals surface area contributed by atoms with Crippen LogP contribution in [0.2, 0.25) is 0 Å². The van der Waals surface area contributed by atoms with E-state index < -0.39 is 0 Å². The Bertz CT molecular complexity index is 450. The highest BCUT2D eigenvalue weighted by Gasteiger charge is 2.22. The molecule has 1 heterocycles. The zero-order chi connectivity index (χ0) is 14.4. The SMILES string of the molecule is COc1ccccc1OCCC(=O)N1CCNC[C@@H]1C. The van der Waals surface area contributed by atoms with Gasteiger partial charge in [0.15, 0.2) is 11.5 Å². The molecule has 0 spiro atoms. The van der Waals surface area contributed by atoms with E-state index in [-0.39, 0.29) is 11.9 Å². The van der Waals surface area contributed by atoms with Crippen molar-refractivity contribution in [1.29, 1.82) is 0 Å². The fourth-order valence-corrected chi connectivity index (χ4v) is 2.34. The van der Waals surface area contributed by atoms with E-state index in [9.17, 15) is 4.79 Å². The summed E-state index contributed by atoms with van der Waals surface area (Å²) in [6.07, 6.45) is 0.391. The van der Waals surface area contributed by atoms with Crippen LogP contribution in [0.1, 0.15) is 13.3 Å². The number of hydrogen-bond donors (Lipinski definition) is 1. The summed E-state index contributed by atoms with van der Waals surface area (Å²) in [5.74, 6) is 1.51. The summed E-state index contributed by atoms with van der Waals surface area (Å²) in [7, 11) is 1.61. The molecule has 0 aliphatic carbocycles. The van der Waals surface area contributed by atoms with Gasteiger partial charge >= 0.3 is 0 Å². The number of nitrogens with zero attached hydrogens (tertiary/aromatic N) is 1. The van der Waals surface area contributed by atoms with Crippen molar-refractivity contribution < 1.29 is 14.3 Å². The first-order valence-electron chi connectivity index (χ1n) is 6.98. The number of nitrogens with one attached hydrogen (secondary N) is 1. The maximum absolute atomic E-state index is 12.1. The van der Waals surface area contributed by atoms with Crippen LogP contribution in [0.4, 0.5) is 0 Å². The number of carbonyl (C=O) groups is 1. The van der Waals surface area contributed by atoms with Crippen LogP contribution >= 0.6 is 0 Å². The van der Waals surface area contributed by atoms with Crippen LogP contribution in [-0.2, 0) is 4.79 Å². The molecule has 110 valence electrons. The standard InChI is InChI=1S/C15H22N2O3/c1-12-11-16-8-9-17(12)15(18)7-10-20-14-6-4-3-5-13(14)19-2/h3-6,12,16H,7-11H2,1-2H3/t12-/m0/s1. The van der Waals surface area contributed by atoms with Crippen LogP contribution in [0, 0.1) is 0 Å². The molecule has 1 amide bonds. The molecule has 0 radical (unpaired) electrons. The van der Waals surface area contributed by atoms with E-state index in [2.05, 4.69) is 12.2 Å². The van der Waals surface area contributed by atoms with Gasteiger partial charge in [-0.1, -0.05) is 12.1 Å². The predicted octanol–water partition coefficient (Wildman–Crippen LogP) is 1.28. The summed E-state index contributed by atoms with van der Waals surface area (Å²) >= 11 is 0. The van der Waals surface area contributed by atoms with E-state index in [0.717, 1.165) is 19.6 Å². The number of hydrogen-bond acceptors (Lipinski definition) is 4. The van der Waals surface area contributed by atoms with Gasteiger partial charge < -0.3 is 19.7 Å². The van der Waals surface area contributed by atoms with E-state index in [0.29, 0.717) is 24.5 Å². The van der Waals surface area contributed by atoms with Gasteiger partial charge in [-0.2, -0.15) is 0 Å². The molecule has 0 unspecified atom stereocenters. The number of ether oxygens (including phenoxy) is 2. The van der Waals surface area contributed by atoms with Gasteiger partial charge in [0.05, 0.1) is 20.1 Å². The molecule has 2 rings (SSSR count). The number of rotatable bonds is 5. The van der Waals surface area contributed by atoms with Crippen molar-refractivity contribution in [1.82, 2.24) is 10.2 Å². The van der Waals surface area contributed by atoms with Crippen molar-refractivity contribution >= 4 is 5.91 Å². The maximum Gasteiger partial charge on any atom is 0.226 e. The molecule has 1 atom stereocenters. The second kappa shape index (κ2) is 7.14. The monoisotopic (exact) mass is 278 g/mol. The van der Waals surface area contributed by atoms with Gasteiger partial charge in [-0.05, 0) is 19.1 Å². The Morgan fingerprint density at radius 2 is 2.15 bits per heavy atom. The molecule has 1 fully saturated rings. The molecular formula is C15H22N2O3. The van der Waals surface area contributed by atoms with Gasteiger partial charge in [0, 0.05) is 25.7 Å². The lowest BCUT2D eigenvalue weighted by atomic mass is 10.2. The fourth-order valence-electron chi connectivity index (χ4n) is 2.34. The molecule has 5 nitrogen and oxygen atoms in total. The molecule has 1 aromatic rings. The number of para-hydroxylation sites is 2. The average Bonchev–Trinajstić information content (AvgIpc) is 2.48. The smallest absolute Gasteiger partial charge is 0.226 e. The zero-order valence-corrected chi connectivity index (χ0v) is 12.1. The first-order chi connectivity index (χ1) is 9.72. The lowest BCUT2D eigenvalue weighted by Crippen LogP contribution is -2.52. The van der Waals surface area contributed by atoms with Gasteiger partial charge in [-0.15, -0.1) is 0 Å².